The molecule has 4 rings (SSSR count). The van der Waals surface area contributed by atoms with Crippen LogP contribution < -0.4 is 5.32 Å². The standard InChI is InChI=1S/C23H36N2O7/c1-14(2)6-7-17-22(3,32-17)19-18(28-5)16(8-9-23(19)13-30-23)31-21(27)25-10-15(11-25)12-29-20(26)24-4/h6,15-19H,7-13H2,1-5H3,(H,24,26)/t16-,17-,18-,19?,22+,23+/m1/s1. The Kier molecular flexibility index (Phi) is 6.44. The Hall–Kier alpha value is -1.84. The molecule has 2 amide bonds. The number of methoxy groups -OCH3 is 1. The van der Waals surface area contributed by atoms with Crippen LogP contribution in [-0.4, -0.2) is 87.1 Å². The molecule has 3 aliphatic heterocycles. The summed E-state index contributed by atoms with van der Waals surface area (Å²) in [5, 5.41) is 2.41. The van der Waals surface area contributed by atoms with E-state index < -0.39 is 6.09 Å². The minimum atomic E-state index is -0.461. The number of alkyl carbamates (subject to hydrolysis) is 1. The van der Waals surface area contributed by atoms with E-state index in [1.165, 1.54) is 12.6 Å². The Morgan fingerprint density at radius 2 is 2.00 bits per heavy atom. The lowest BCUT2D eigenvalue weighted by Gasteiger charge is -2.44. The largest absolute Gasteiger partial charge is 0.449 e. The van der Waals surface area contributed by atoms with Gasteiger partial charge in [0.15, 0.2) is 0 Å². The van der Waals surface area contributed by atoms with Gasteiger partial charge in [-0.1, -0.05) is 11.6 Å². The van der Waals surface area contributed by atoms with Crippen molar-refractivity contribution in [1.29, 1.82) is 0 Å². The molecule has 4 fully saturated rings. The van der Waals surface area contributed by atoms with E-state index in [0.29, 0.717) is 26.1 Å². The van der Waals surface area contributed by atoms with Gasteiger partial charge in [-0.05, 0) is 40.0 Å². The van der Waals surface area contributed by atoms with Crippen LogP contribution in [0.1, 0.15) is 40.0 Å². The van der Waals surface area contributed by atoms with E-state index in [9.17, 15) is 9.59 Å². The van der Waals surface area contributed by atoms with Crippen molar-refractivity contribution in [2.24, 2.45) is 11.8 Å². The molecule has 1 N–H and O–H groups in total. The molecule has 9 nitrogen and oxygen atoms in total. The predicted octanol–water partition coefficient (Wildman–Crippen LogP) is 2.49. The van der Waals surface area contributed by atoms with E-state index in [4.69, 9.17) is 23.7 Å². The van der Waals surface area contributed by atoms with Crippen molar-refractivity contribution in [1.82, 2.24) is 10.2 Å². The number of carbonyl (C=O) groups excluding carboxylic acids is 2. The highest BCUT2D eigenvalue weighted by molar-refractivity contribution is 5.69. The van der Waals surface area contributed by atoms with Gasteiger partial charge in [0.05, 0.1) is 25.2 Å². The number of carbonyl (C=O) groups is 2. The van der Waals surface area contributed by atoms with Crippen LogP contribution in [0.2, 0.25) is 0 Å². The number of ether oxygens (including phenoxy) is 5. The third-order valence-electron chi connectivity index (χ3n) is 7.36. The van der Waals surface area contributed by atoms with Gasteiger partial charge >= 0.3 is 12.2 Å². The van der Waals surface area contributed by atoms with Crippen molar-refractivity contribution in [3.8, 4) is 0 Å². The molecule has 9 heteroatoms. The number of hydrogen-bond acceptors (Lipinski definition) is 7. The Labute approximate surface area is 189 Å². The summed E-state index contributed by atoms with van der Waals surface area (Å²) in [5.41, 5.74) is 0.678. The van der Waals surface area contributed by atoms with Crippen LogP contribution in [-0.2, 0) is 23.7 Å². The van der Waals surface area contributed by atoms with Gasteiger partial charge in [-0.15, -0.1) is 0 Å². The van der Waals surface area contributed by atoms with E-state index in [0.717, 1.165) is 12.8 Å². The zero-order valence-corrected chi connectivity index (χ0v) is 19.7. The lowest BCUT2D eigenvalue weighted by atomic mass is 9.68. The Bertz CT molecular complexity index is 757. The third-order valence-corrected chi connectivity index (χ3v) is 7.36. The fourth-order valence-corrected chi connectivity index (χ4v) is 5.36. The van der Waals surface area contributed by atoms with Crippen molar-refractivity contribution < 1.29 is 33.3 Å². The number of allylic oxidation sites excluding steroid dienone is 1. The number of nitrogens with one attached hydrogen (secondary N) is 1. The van der Waals surface area contributed by atoms with E-state index in [-0.39, 0.29) is 54.0 Å². The minimum Gasteiger partial charge on any atom is -0.449 e. The van der Waals surface area contributed by atoms with Gasteiger partial charge in [0.1, 0.15) is 23.4 Å². The van der Waals surface area contributed by atoms with Crippen molar-refractivity contribution in [3.63, 3.8) is 0 Å². The average molecular weight is 453 g/mol. The van der Waals surface area contributed by atoms with E-state index in [1.54, 1.807) is 12.0 Å². The molecule has 3 heterocycles. The van der Waals surface area contributed by atoms with Gasteiger partial charge in [0.25, 0.3) is 0 Å². The maximum absolute atomic E-state index is 12.7. The highest BCUT2D eigenvalue weighted by atomic mass is 16.6. The topological polar surface area (TPSA) is 102 Å². The summed E-state index contributed by atoms with van der Waals surface area (Å²) >= 11 is 0. The second-order valence-electron chi connectivity index (χ2n) is 9.92. The van der Waals surface area contributed by atoms with Crippen LogP contribution in [0, 0.1) is 11.8 Å². The molecular weight excluding hydrogens is 416 g/mol. The molecule has 180 valence electrons. The third kappa shape index (κ3) is 4.47. The number of nitrogens with zero attached hydrogens (tertiary/aromatic N) is 1. The normalized spacial score (nSPS) is 38.0. The SMILES string of the molecule is CNC(=O)OCC1CN(C(=O)O[C@@H]2CC[C@]3(CO3)C([C@@]3(C)O[C@@H]3CC=C(C)C)[C@@H]2OC)C1. The van der Waals surface area contributed by atoms with Gasteiger partial charge in [0.2, 0.25) is 0 Å². The first-order valence-corrected chi connectivity index (χ1v) is 11.5. The first-order chi connectivity index (χ1) is 15.2. The molecule has 32 heavy (non-hydrogen) atoms. The quantitative estimate of drug-likeness (QED) is 0.468. The second kappa shape index (κ2) is 8.83. The molecule has 0 bridgehead atoms. The molecule has 1 aliphatic carbocycles. The summed E-state index contributed by atoms with van der Waals surface area (Å²) in [6.07, 6.45) is 3.27. The summed E-state index contributed by atoms with van der Waals surface area (Å²) in [5.74, 6) is 0.141. The number of likely N-dealkylation sites (tertiary alicyclic amines) is 1. The summed E-state index contributed by atoms with van der Waals surface area (Å²) in [7, 11) is 3.19. The molecule has 6 atom stereocenters. The van der Waals surface area contributed by atoms with Gasteiger partial charge < -0.3 is 33.9 Å². The molecule has 1 saturated carbocycles. The smallest absolute Gasteiger partial charge is 0.410 e. The minimum absolute atomic E-state index is 0.00667. The maximum Gasteiger partial charge on any atom is 0.410 e. The zero-order valence-electron chi connectivity index (χ0n) is 19.7. The predicted molar refractivity (Wildman–Crippen MR) is 115 cm³/mol. The van der Waals surface area contributed by atoms with Gasteiger partial charge in [-0.25, -0.2) is 9.59 Å². The first kappa shape index (κ1) is 23.3. The Morgan fingerprint density at radius 3 is 2.59 bits per heavy atom. The van der Waals surface area contributed by atoms with Crippen molar-refractivity contribution >= 4 is 12.2 Å². The zero-order chi connectivity index (χ0) is 23.1. The Morgan fingerprint density at radius 1 is 1.28 bits per heavy atom. The summed E-state index contributed by atoms with van der Waals surface area (Å²) < 4.78 is 29.1. The monoisotopic (exact) mass is 452 g/mol. The fourth-order valence-electron chi connectivity index (χ4n) is 5.36. The lowest BCUT2D eigenvalue weighted by molar-refractivity contribution is -0.125. The van der Waals surface area contributed by atoms with Gasteiger partial charge in [-0.2, -0.15) is 0 Å². The molecule has 1 unspecified atom stereocenters. The number of hydrogen-bond donors (Lipinski definition) is 1. The molecule has 0 radical (unpaired) electrons. The summed E-state index contributed by atoms with van der Waals surface area (Å²) in [4.78, 5) is 25.6. The Balaban J connectivity index is 1.35. The van der Waals surface area contributed by atoms with Crippen LogP contribution in [0.4, 0.5) is 9.59 Å². The lowest BCUT2D eigenvalue weighted by Crippen LogP contribution is -2.58. The summed E-state index contributed by atoms with van der Waals surface area (Å²) in [6, 6.07) is 0. The number of rotatable bonds is 7. The first-order valence-electron chi connectivity index (χ1n) is 11.5. The molecule has 1 spiro atoms. The average Bonchev–Trinajstić information content (AvgIpc) is 3.63. The van der Waals surface area contributed by atoms with Gasteiger partial charge in [0, 0.05) is 33.2 Å². The van der Waals surface area contributed by atoms with Crippen LogP contribution in [0.25, 0.3) is 0 Å². The number of amides is 2. The highest BCUT2D eigenvalue weighted by Crippen LogP contribution is 2.59. The number of epoxide rings is 2. The van der Waals surface area contributed by atoms with Crippen molar-refractivity contribution in [2.75, 3.05) is 40.5 Å². The van der Waals surface area contributed by atoms with E-state index >= 15 is 0 Å². The van der Waals surface area contributed by atoms with Gasteiger partial charge in [-0.3, -0.25) is 0 Å². The van der Waals surface area contributed by atoms with Crippen LogP contribution in [0.3, 0.4) is 0 Å². The molecule has 3 saturated heterocycles. The van der Waals surface area contributed by atoms with E-state index in [1.807, 2.05) is 0 Å². The molecule has 0 aromatic rings. The van der Waals surface area contributed by atoms with Crippen molar-refractivity contribution in [2.45, 2.75) is 69.5 Å². The van der Waals surface area contributed by atoms with Crippen LogP contribution in [0.15, 0.2) is 11.6 Å². The second-order valence-corrected chi connectivity index (χ2v) is 9.92. The summed E-state index contributed by atoms with van der Waals surface area (Å²) in [6.45, 7) is 8.33. The maximum atomic E-state index is 12.7. The highest BCUT2D eigenvalue weighted by Gasteiger charge is 2.72. The molecule has 4 aliphatic rings. The molecule has 0 aromatic carbocycles. The fraction of sp³-hybridized carbons (Fsp3) is 0.826. The van der Waals surface area contributed by atoms with E-state index in [2.05, 4.69) is 32.2 Å². The van der Waals surface area contributed by atoms with Crippen LogP contribution in [0.5, 0.6) is 0 Å². The van der Waals surface area contributed by atoms with Crippen molar-refractivity contribution in [3.05, 3.63) is 11.6 Å². The van der Waals surface area contributed by atoms with Crippen LogP contribution >= 0.6 is 0 Å². The molecular formula is C23H36N2O7. The molecule has 0 aromatic heterocycles.